The number of amidine groups is 1. The fraction of sp³-hybridized carbons (Fsp3) is 0.139. The molecule has 0 spiro atoms. The smallest absolute Gasteiger partial charge is 0.141 e. The summed E-state index contributed by atoms with van der Waals surface area (Å²) in [7, 11) is 3.42. The van der Waals surface area contributed by atoms with Crippen LogP contribution in [0, 0.1) is 5.92 Å². The molecular weight excluding hydrogens is 571 g/mol. The van der Waals surface area contributed by atoms with E-state index in [2.05, 4.69) is 113 Å². The van der Waals surface area contributed by atoms with Crippen LogP contribution < -0.4 is 19.7 Å². The van der Waals surface area contributed by atoms with Crippen molar-refractivity contribution < 1.29 is 9.47 Å². The predicted molar refractivity (Wildman–Crippen MR) is 179 cm³/mol. The maximum Gasteiger partial charge on any atom is 0.141 e. The maximum absolute atomic E-state index is 5.71. The zero-order valence-electron chi connectivity index (χ0n) is 23.9. The summed E-state index contributed by atoms with van der Waals surface area (Å²) in [6.45, 7) is 0.644. The number of hydrogen-bond donors (Lipinski definition) is 1. The van der Waals surface area contributed by atoms with Crippen molar-refractivity contribution >= 4 is 52.1 Å². The standard InChI is InChI=1S/C36H31N3O2S2/c1-40-25-21-19-24(20-22-25)35-26(23-37-27-11-3-7-15-31(27)41-2)36(38-28-12-4-8-16-32(28)43-35)39-29-13-5-9-17-33(29)42-34-18-10-6-14-30(34)39/h3-22,26,35,37H,23H2,1-2H3. The number of nitrogens with one attached hydrogen (secondary N) is 1. The number of nitrogens with zero attached hydrogens (tertiary/aromatic N) is 2. The van der Waals surface area contributed by atoms with Gasteiger partial charge in [-0.15, -0.1) is 11.8 Å². The molecule has 5 aromatic carbocycles. The third kappa shape index (κ3) is 5.35. The second-order valence-electron chi connectivity index (χ2n) is 10.3. The molecule has 214 valence electrons. The number of methoxy groups -OCH3 is 2. The third-order valence-electron chi connectivity index (χ3n) is 7.78. The van der Waals surface area contributed by atoms with Gasteiger partial charge in [-0.25, -0.2) is 4.99 Å². The SMILES string of the molecule is COc1ccc(C2Sc3ccccc3N=C(N3c4ccccc4Sc4ccccc43)C2CNc2ccccc2OC)cc1. The van der Waals surface area contributed by atoms with E-state index in [1.54, 1.807) is 14.2 Å². The highest BCUT2D eigenvalue weighted by Gasteiger charge is 2.38. The highest BCUT2D eigenvalue weighted by Crippen LogP contribution is 2.53. The van der Waals surface area contributed by atoms with Crippen LogP contribution in [-0.4, -0.2) is 26.6 Å². The zero-order chi connectivity index (χ0) is 29.2. The van der Waals surface area contributed by atoms with E-state index < -0.39 is 0 Å². The lowest BCUT2D eigenvalue weighted by molar-refractivity contribution is 0.414. The van der Waals surface area contributed by atoms with Gasteiger partial charge in [-0.2, -0.15) is 0 Å². The molecule has 5 aromatic rings. The minimum Gasteiger partial charge on any atom is -0.497 e. The molecule has 0 aromatic heterocycles. The molecule has 0 radical (unpaired) electrons. The van der Waals surface area contributed by atoms with Gasteiger partial charge < -0.3 is 14.8 Å². The molecular formula is C36H31N3O2S2. The van der Waals surface area contributed by atoms with Crippen molar-refractivity contribution in [1.82, 2.24) is 0 Å². The number of fused-ring (bicyclic) bond motifs is 3. The van der Waals surface area contributed by atoms with E-state index in [0.717, 1.165) is 45.0 Å². The Morgan fingerprint density at radius 2 is 1.33 bits per heavy atom. The number of hydrogen-bond acceptors (Lipinski definition) is 7. The van der Waals surface area contributed by atoms with Crippen LogP contribution in [0.4, 0.5) is 22.7 Å². The molecule has 2 aliphatic heterocycles. The summed E-state index contributed by atoms with van der Waals surface area (Å²) >= 11 is 3.68. The fourth-order valence-electron chi connectivity index (χ4n) is 5.68. The number of rotatable bonds is 6. The van der Waals surface area contributed by atoms with Crippen LogP contribution in [0.5, 0.6) is 11.5 Å². The van der Waals surface area contributed by atoms with Crippen LogP contribution in [0.25, 0.3) is 0 Å². The normalized spacial score (nSPS) is 17.1. The molecule has 0 saturated carbocycles. The number of ether oxygens (including phenoxy) is 2. The van der Waals surface area contributed by atoms with Crippen LogP contribution in [0.1, 0.15) is 10.8 Å². The van der Waals surface area contributed by atoms with Crippen LogP contribution >= 0.6 is 23.5 Å². The first-order valence-electron chi connectivity index (χ1n) is 14.2. The minimum atomic E-state index is -0.0279. The van der Waals surface area contributed by atoms with Crippen molar-refractivity contribution in [2.45, 2.75) is 19.9 Å². The van der Waals surface area contributed by atoms with Crippen molar-refractivity contribution in [3.05, 3.63) is 127 Å². The number of thioether (sulfide) groups is 1. The highest BCUT2D eigenvalue weighted by molar-refractivity contribution is 8.00. The summed E-state index contributed by atoms with van der Waals surface area (Å²) in [5.41, 5.74) is 5.44. The summed E-state index contributed by atoms with van der Waals surface area (Å²) in [5.74, 6) is 2.63. The second kappa shape index (κ2) is 12.1. The van der Waals surface area contributed by atoms with Gasteiger partial charge in [0.2, 0.25) is 0 Å². The molecule has 0 amide bonds. The monoisotopic (exact) mass is 601 g/mol. The maximum atomic E-state index is 5.71. The van der Waals surface area contributed by atoms with Gasteiger partial charge in [0.1, 0.15) is 17.3 Å². The molecule has 5 nitrogen and oxygen atoms in total. The number of anilines is 3. The summed E-state index contributed by atoms with van der Waals surface area (Å²) < 4.78 is 11.2. The lowest BCUT2D eigenvalue weighted by Crippen LogP contribution is -2.39. The Bertz CT molecular complexity index is 1740. The molecule has 7 heteroatoms. The number of benzene rings is 5. The van der Waals surface area contributed by atoms with Gasteiger partial charge in [-0.3, -0.25) is 4.90 Å². The average Bonchev–Trinajstić information content (AvgIpc) is 3.23. The second-order valence-corrected chi connectivity index (χ2v) is 12.6. The van der Waals surface area contributed by atoms with Crippen molar-refractivity contribution in [3.8, 4) is 11.5 Å². The van der Waals surface area contributed by atoms with Crippen molar-refractivity contribution in [2.75, 3.05) is 31.0 Å². The zero-order valence-corrected chi connectivity index (χ0v) is 25.6. The Kier molecular flexibility index (Phi) is 7.75. The van der Waals surface area contributed by atoms with E-state index in [1.807, 2.05) is 41.7 Å². The van der Waals surface area contributed by atoms with E-state index in [-0.39, 0.29) is 11.2 Å². The van der Waals surface area contributed by atoms with Crippen molar-refractivity contribution in [1.29, 1.82) is 0 Å². The highest BCUT2D eigenvalue weighted by atomic mass is 32.2. The molecule has 0 saturated heterocycles. The van der Waals surface area contributed by atoms with Crippen LogP contribution in [0.2, 0.25) is 0 Å². The fourth-order valence-corrected chi connectivity index (χ4v) is 8.08. The first kappa shape index (κ1) is 27.5. The van der Waals surface area contributed by atoms with Gasteiger partial charge in [0.05, 0.1) is 42.9 Å². The van der Waals surface area contributed by atoms with E-state index in [9.17, 15) is 0 Å². The summed E-state index contributed by atoms with van der Waals surface area (Å²) in [5, 5.41) is 3.81. The lowest BCUT2D eigenvalue weighted by Gasteiger charge is -2.38. The van der Waals surface area contributed by atoms with E-state index in [4.69, 9.17) is 14.5 Å². The molecule has 1 N–H and O–H groups in total. The van der Waals surface area contributed by atoms with Crippen LogP contribution in [-0.2, 0) is 0 Å². The van der Waals surface area contributed by atoms with Crippen molar-refractivity contribution in [3.63, 3.8) is 0 Å². The van der Waals surface area contributed by atoms with Gasteiger partial charge in [0, 0.05) is 26.5 Å². The lowest BCUT2D eigenvalue weighted by atomic mass is 9.95. The summed E-state index contributed by atoms with van der Waals surface area (Å²) in [6, 6.07) is 42.3. The van der Waals surface area contributed by atoms with Gasteiger partial charge in [0.15, 0.2) is 0 Å². The Labute approximate surface area is 261 Å². The molecule has 2 unspecified atom stereocenters. The molecule has 2 atom stereocenters. The summed E-state index contributed by atoms with van der Waals surface area (Å²) in [6.07, 6.45) is 0. The van der Waals surface area contributed by atoms with Crippen molar-refractivity contribution in [2.24, 2.45) is 10.9 Å². The van der Waals surface area contributed by atoms with Crippen LogP contribution in [0.15, 0.2) is 141 Å². The van der Waals surface area contributed by atoms with Gasteiger partial charge >= 0.3 is 0 Å². The molecule has 2 aliphatic rings. The minimum absolute atomic E-state index is 0.0279. The molecule has 7 rings (SSSR count). The Balaban J connectivity index is 1.43. The number of para-hydroxylation sites is 5. The molecule has 43 heavy (non-hydrogen) atoms. The first-order chi connectivity index (χ1) is 21.2. The first-order valence-corrected chi connectivity index (χ1v) is 15.9. The van der Waals surface area contributed by atoms with E-state index in [0.29, 0.717) is 6.54 Å². The number of aliphatic imine (C=N–C) groups is 1. The van der Waals surface area contributed by atoms with E-state index >= 15 is 0 Å². The van der Waals surface area contributed by atoms with Gasteiger partial charge in [0.25, 0.3) is 0 Å². The molecule has 2 heterocycles. The average molecular weight is 602 g/mol. The van der Waals surface area contributed by atoms with Gasteiger partial charge in [-0.1, -0.05) is 72.4 Å². The third-order valence-corrected chi connectivity index (χ3v) is 10.4. The predicted octanol–water partition coefficient (Wildman–Crippen LogP) is 9.61. The molecule has 0 bridgehead atoms. The Morgan fingerprint density at radius 1 is 0.698 bits per heavy atom. The summed E-state index contributed by atoms with van der Waals surface area (Å²) in [4.78, 5) is 11.5. The quantitative estimate of drug-likeness (QED) is 0.209. The Hall–Kier alpha value is -4.33. The molecule has 0 fully saturated rings. The Morgan fingerprint density at radius 3 is 2.02 bits per heavy atom. The van der Waals surface area contributed by atoms with Crippen LogP contribution in [0.3, 0.4) is 0 Å². The largest absolute Gasteiger partial charge is 0.497 e. The van der Waals surface area contributed by atoms with Gasteiger partial charge in [-0.05, 0) is 66.2 Å². The molecule has 0 aliphatic carbocycles. The van der Waals surface area contributed by atoms with E-state index in [1.165, 1.54) is 15.4 Å². The topological polar surface area (TPSA) is 46.1 Å².